The van der Waals surface area contributed by atoms with Crippen LogP contribution in [0.25, 0.3) is 0 Å². The van der Waals surface area contributed by atoms with Crippen LogP contribution in [0.15, 0.2) is 12.4 Å². The third kappa shape index (κ3) is 2.33. The molecular weight excluding hydrogens is 210 g/mol. The molecule has 1 N–H and O–H groups in total. The maximum Gasteiger partial charge on any atom is 0.203 e. The number of hydrogen-bond donors (Lipinski definition) is 1. The molecule has 0 spiro atoms. The molecule has 3 rings (SSSR count). The highest BCUT2D eigenvalue weighted by atomic mass is 15.2. The maximum absolute atomic E-state index is 4.47. The lowest BCUT2D eigenvalue weighted by atomic mass is 9.79. The summed E-state index contributed by atoms with van der Waals surface area (Å²) in [5, 5.41) is 3.65. The second-order valence-corrected chi connectivity index (χ2v) is 6.00. The average molecular weight is 233 g/mol. The second kappa shape index (κ2) is 4.35. The molecule has 0 amide bonds. The van der Waals surface area contributed by atoms with Crippen LogP contribution in [0.3, 0.4) is 0 Å². The molecule has 3 nitrogen and oxygen atoms in total. The predicted octanol–water partition coefficient (Wildman–Crippen LogP) is 3.45. The van der Waals surface area contributed by atoms with Crippen molar-refractivity contribution < 1.29 is 0 Å². The van der Waals surface area contributed by atoms with E-state index in [1.54, 1.807) is 0 Å². The van der Waals surface area contributed by atoms with E-state index in [4.69, 9.17) is 0 Å². The molecule has 3 unspecified atom stereocenters. The molecule has 3 heteroatoms. The van der Waals surface area contributed by atoms with E-state index in [9.17, 15) is 0 Å². The quantitative estimate of drug-likeness (QED) is 0.866. The number of rotatable bonds is 3. The minimum absolute atomic E-state index is 0.626. The molecule has 2 fully saturated rings. The van der Waals surface area contributed by atoms with Gasteiger partial charge in [-0.3, -0.25) is 0 Å². The van der Waals surface area contributed by atoms with Gasteiger partial charge in [-0.25, -0.2) is 4.98 Å². The first-order valence-corrected chi connectivity index (χ1v) is 7.03. The summed E-state index contributed by atoms with van der Waals surface area (Å²) in [6, 6.07) is 1.35. The highest BCUT2D eigenvalue weighted by Gasteiger charge is 2.28. The van der Waals surface area contributed by atoms with Crippen molar-refractivity contribution in [3.8, 4) is 0 Å². The lowest BCUT2D eigenvalue weighted by Gasteiger charge is -2.32. The molecule has 2 aliphatic rings. The fourth-order valence-electron chi connectivity index (χ4n) is 2.93. The number of imidazole rings is 1. The Balaban J connectivity index is 1.64. The van der Waals surface area contributed by atoms with Crippen molar-refractivity contribution >= 4 is 5.95 Å². The second-order valence-electron chi connectivity index (χ2n) is 6.00. The Kier molecular flexibility index (Phi) is 2.85. The first kappa shape index (κ1) is 11.1. The van der Waals surface area contributed by atoms with E-state index in [0.717, 1.165) is 23.8 Å². The summed E-state index contributed by atoms with van der Waals surface area (Å²) < 4.78 is 2.32. The van der Waals surface area contributed by atoms with Gasteiger partial charge in [-0.2, -0.15) is 0 Å². The number of nitrogens with zero attached hydrogens (tertiary/aromatic N) is 2. The first-order chi connectivity index (χ1) is 8.24. The zero-order valence-electron chi connectivity index (χ0n) is 10.9. The lowest BCUT2D eigenvalue weighted by Crippen LogP contribution is -2.31. The molecule has 1 aromatic heterocycles. The monoisotopic (exact) mass is 233 g/mol. The standard InChI is InChI=1S/C14H23N3/c1-10-3-4-12(9-11(10)2)16-14-15-7-8-17(14)13-5-6-13/h7-8,10-13H,3-6,9H2,1-2H3,(H,15,16). The summed E-state index contributed by atoms with van der Waals surface area (Å²) in [6.07, 6.45) is 10.6. The Bertz CT molecular complexity index is 381. The topological polar surface area (TPSA) is 29.9 Å². The minimum atomic E-state index is 0.626. The zero-order chi connectivity index (χ0) is 11.8. The van der Waals surface area contributed by atoms with Crippen LogP contribution >= 0.6 is 0 Å². The maximum atomic E-state index is 4.47. The zero-order valence-corrected chi connectivity index (χ0v) is 10.9. The Labute approximate surface area is 104 Å². The van der Waals surface area contributed by atoms with Gasteiger partial charge in [-0.15, -0.1) is 0 Å². The highest BCUT2D eigenvalue weighted by molar-refractivity contribution is 5.29. The van der Waals surface area contributed by atoms with E-state index in [2.05, 4.69) is 34.9 Å². The van der Waals surface area contributed by atoms with Crippen molar-refractivity contribution in [2.45, 2.75) is 58.0 Å². The van der Waals surface area contributed by atoms with Crippen LogP contribution in [-0.4, -0.2) is 15.6 Å². The van der Waals surface area contributed by atoms with Crippen molar-refractivity contribution in [1.82, 2.24) is 9.55 Å². The highest BCUT2D eigenvalue weighted by Crippen LogP contribution is 2.37. The third-order valence-electron chi connectivity index (χ3n) is 4.54. The molecule has 1 aromatic rings. The van der Waals surface area contributed by atoms with E-state index in [-0.39, 0.29) is 0 Å². The van der Waals surface area contributed by atoms with E-state index < -0.39 is 0 Å². The number of aromatic nitrogens is 2. The Morgan fingerprint density at radius 2 is 2.00 bits per heavy atom. The minimum Gasteiger partial charge on any atom is -0.353 e. The van der Waals surface area contributed by atoms with Gasteiger partial charge in [-0.1, -0.05) is 13.8 Å². The number of nitrogens with one attached hydrogen (secondary N) is 1. The van der Waals surface area contributed by atoms with Crippen molar-refractivity contribution in [3.63, 3.8) is 0 Å². The van der Waals surface area contributed by atoms with Gasteiger partial charge in [0.25, 0.3) is 0 Å². The SMILES string of the molecule is CC1CCC(Nc2nccn2C2CC2)CC1C. The molecule has 2 aliphatic carbocycles. The number of anilines is 1. The smallest absolute Gasteiger partial charge is 0.203 e. The average Bonchev–Trinajstić information content (AvgIpc) is 3.05. The van der Waals surface area contributed by atoms with Crippen LogP contribution in [0, 0.1) is 11.8 Å². The molecular formula is C14H23N3. The lowest BCUT2D eigenvalue weighted by molar-refractivity contribution is 0.260. The van der Waals surface area contributed by atoms with Gasteiger partial charge in [-0.05, 0) is 43.9 Å². The van der Waals surface area contributed by atoms with Crippen LogP contribution in [-0.2, 0) is 0 Å². The summed E-state index contributed by atoms with van der Waals surface area (Å²) in [5.74, 6) is 2.82. The van der Waals surface area contributed by atoms with Gasteiger partial charge >= 0.3 is 0 Å². The Morgan fingerprint density at radius 3 is 2.71 bits per heavy atom. The van der Waals surface area contributed by atoms with Gasteiger partial charge < -0.3 is 9.88 Å². The number of hydrogen-bond acceptors (Lipinski definition) is 2. The van der Waals surface area contributed by atoms with Gasteiger partial charge in [0.2, 0.25) is 5.95 Å². The largest absolute Gasteiger partial charge is 0.353 e. The van der Waals surface area contributed by atoms with Crippen LogP contribution < -0.4 is 5.32 Å². The Morgan fingerprint density at radius 1 is 1.18 bits per heavy atom. The predicted molar refractivity (Wildman–Crippen MR) is 70.1 cm³/mol. The van der Waals surface area contributed by atoms with E-state index in [1.807, 2.05) is 6.20 Å². The van der Waals surface area contributed by atoms with Crippen molar-refractivity contribution in [2.24, 2.45) is 11.8 Å². The van der Waals surface area contributed by atoms with E-state index >= 15 is 0 Å². The summed E-state index contributed by atoms with van der Waals surface area (Å²) >= 11 is 0. The van der Waals surface area contributed by atoms with Gasteiger partial charge in [0, 0.05) is 24.5 Å². The van der Waals surface area contributed by atoms with Crippen LogP contribution in [0.1, 0.15) is 52.0 Å². The molecule has 3 atom stereocenters. The molecule has 17 heavy (non-hydrogen) atoms. The van der Waals surface area contributed by atoms with Crippen LogP contribution in [0.4, 0.5) is 5.95 Å². The fourth-order valence-corrected chi connectivity index (χ4v) is 2.93. The molecule has 0 saturated heterocycles. The van der Waals surface area contributed by atoms with Gasteiger partial charge in [0.1, 0.15) is 0 Å². The summed E-state index contributed by atoms with van der Waals surface area (Å²) in [6.45, 7) is 4.76. The van der Waals surface area contributed by atoms with Crippen molar-refractivity contribution in [1.29, 1.82) is 0 Å². The van der Waals surface area contributed by atoms with Crippen molar-refractivity contribution in [3.05, 3.63) is 12.4 Å². The fraction of sp³-hybridized carbons (Fsp3) is 0.786. The molecule has 1 heterocycles. The van der Waals surface area contributed by atoms with Crippen LogP contribution in [0.5, 0.6) is 0 Å². The summed E-state index contributed by atoms with van der Waals surface area (Å²) in [7, 11) is 0. The Hall–Kier alpha value is -0.990. The third-order valence-corrected chi connectivity index (χ3v) is 4.54. The van der Waals surface area contributed by atoms with Gasteiger partial charge in [0.15, 0.2) is 0 Å². The van der Waals surface area contributed by atoms with Gasteiger partial charge in [0.05, 0.1) is 0 Å². The molecule has 94 valence electrons. The molecule has 0 aromatic carbocycles. The first-order valence-electron chi connectivity index (χ1n) is 7.03. The van der Waals surface area contributed by atoms with Crippen LogP contribution in [0.2, 0.25) is 0 Å². The summed E-state index contributed by atoms with van der Waals surface area (Å²) in [4.78, 5) is 4.47. The van der Waals surface area contributed by atoms with E-state index in [1.165, 1.54) is 32.1 Å². The molecule has 2 saturated carbocycles. The van der Waals surface area contributed by atoms with E-state index in [0.29, 0.717) is 6.04 Å². The van der Waals surface area contributed by atoms with Crippen molar-refractivity contribution in [2.75, 3.05) is 5.32 Å². The molecule has 0 aliphatic heterocycles. The normalized spacial score (nSPS) is 33.6. The molecule has 0 bridgehead atoms. The molecule has 0 radical (unpaired) electrons. The summed E-state index contributed by atoms with van der Waals surface area (Å²) in [5.41, 5.74) is 0.